The first-order chi connectivity index (χ1) is 10.5. The first kappa shape index (κ1) is 16.7. The topological polar surface area (TPSA) is 55.4 Å². The van der Waals surface area contributed by atoms with Crippen molar-refractivity contribution in [1.82, 2.24) is 0 Å². The molecule has 0 saturated heterocycles. The number of thiophene rings is 1. The second-order valence-corrected chi connectivity index (χ2v) is 6.68. The molecule has 1 heterocycles. The molecule has 0 aliphatic heterocycles. The van der Waals surface area contributed by atoms with Gasteiger partial charge >= 0.3 is 5.97 Å². The summed E-state index contributed by atoms with van der Waals surface area (Å²) in [4.78, 5) is 25.0. The van der Waals surface area contributed by atoms with Crippen molar-refractivity contribution >= 4 is 44.8 Å². The molecule has 0 aliphatic carbocycles. The highest BCUT2D eigenvalue weighted by Gasteiger charge is 2.15. The molecular formula is C16H16BrNO3S. The van der Waals surface area contributed by atoms with Crippen molar-refractivity contribution in [3.63, 3.8) is 0 Å². The fourth-order valence-corrected chi connectivity index (χ4v) is 3.49. The monoisotopic (exact) mass is 381 g/mol. The Morgan fingerprint density at radius 2 is 2.14 bits per heavy atom. The first-order valence-electron chi connectivity index (χ1n) is 6.72. The summed E-state index contributed by atoms with van der Waals surface area (Å²) in [6.07, 6.45) is 1.03. The summed E-state index contributed by atoms with van der Waals surface area (Å²) in [6, 6.07) is 7.26. The predicted octanol–water partition coefficient (Wildman–Crippen LogP) is 4.18. The number of halogens is 1. The molecule has 6 heteroatoms. The lowest BCUT2D eigenvalue weighted by atomic mass is 10.1. The third kappa shape index (κ3) is 4.18. The standard InChI is InChI=1S/C16H16BrNO3S/c1-10-4-3-5-13(16(20)21-2)15(10)18-14(19)7-6-12-8-11(17)9-22-12/h3-5,8-9H,6-7H2,1-2H3,(H,18,19). The van der Waals surface area contributed by atoms with Gasteiger partial charge in [0.15, 0.2) is 0 Å². The lowest BCUT2D eigenvalue weighted by molar-refractivity contribution is -0.116. The number of ether oxygens (including phenoxy) is 1. The summed E-state index contributed by atoms with van der Waals surface area (Å²) in [5.74, 6) is -0.579. The number of benzene rings is 1. The Balaban J connectivity index is 2.06. The molecule has 0 atom stereocenters. The lowest BCUT2D eigenvalue weighted by Crippen LogP contribution is -2.16. The fourth-order valence-electron chi connectivity index (χ4n) is 2.04. The van der Waals surface area contributed by atoms with Gasteiger partial charge in [0.2, 0.25) is 5.91 Å². The van der Waals surface area contributed by atoms with Crippen LogP contribution in [0.2, 0.25) is 0 Å². The quantitative estimate of drug-likeness (QED) is 0.790. The number of carbonyl (C=O) groups excluding carboxylic acids is 2. The minimum absolute atomic E-state index is 0.121. The van der Waals surface area contributed by atoms with Crippen molar-refractivity contribution < 1.29 is 14.3 Å². The number of hydrogen-bond donors (Lipinski definition) is 1. The van der Waals surface area contributed by atoms with Crippen LogP contribution in [0.3, 0.4) is 0 Å². The molecule has 0 saturated carbocycles. The van der Waals surface area contributed by atoms with Gasteiger partial charge in [-0.15, -0.1) is 11.3 Å². The number of para-hydroxylation sites is 1. The van der Waals surface area contributed by atoms with Gasteiger partial charge in [-0.05, 0) is 47.0 Å². The van der Waals surface area contributed by atoms with Gasteiger partial charge in [-0.3, -0.25) is 4.79 Å². The Bertz CT molecular complexity index is 696. The Labute approximate surface area is 141 Å². The Morgan fingerprint density at radius 3 is 2.77 bits per heavy atom. The Hall–Kier alpha value is -1.66. The summed E-state index contributed by atoms with van der Waals surface area (Å²) in [6.45, 7) is 1.85. The van der Waals surface area contributed by atoms with E-state index < -0.39 is 5.97 Å². The molecule has 22 heavy (non-hydrogen) atoms. The Morgan fingerprint density at radius 1 is 1.36 bits per heavy atom. The maximum absolute atomic E-state index is 12.1. The number of hydrogen-bond acceptors (Lipinski definition) is 4. The van der Waals surface area contributed by atoms with Crippen LogP contribution >= 0.6 is 27.3 Å². The zero-order valence-electron chi connectivity index (χ0n) is 12.3. The third-order valence-corrected chi connectivity index (χ3v) is 4.92. The summed E-state index contributed by atoms with van der Waals surface area (Å²) in [5, 5.41) is 4.81. The number of amides is 1. The SMILES string of the molecule is COC(=O)c1cccc(C)c1NC(=O)CCc1cc(Br)cs1. The number of nitrogens with one attached hydrogen (secondary N) is 1. The second-order valence-electron chi connectivity index (χ2n) is 4.77. The van der Waals surface area contributed by atoms with Gasteiger partial charge in [-0.2, -0.15) is 0 Å². The zero-order chi connectivity index (χ0) is 16.1. The number of carbonyl (C=O) groups is 2. The molecule has 0 aliphatic rings. The van der Waals surface area contributed by atoms with Crippen molar-refractivity contribution in [2.75, 3.05) is 12.4 Å². The van der Waals surface area contributed by atoms with Crippen molar-refractivity contribution in [3.8, 4) is 0 Å². The van der Waals surface area contributed by atoms with Crippen LogP contribution in [0.5, 0.6) is 0 Å². The average molecular weight is 382 g/mol. The van der Waals surface area contributed by atoms with Crippen LogP contribution in [0.25, 0.3) is 0 Å². The molecule has 1 N–H and O–H groups in total. The molecule has 0 radical (unpaired) electrons. The average Bonchev–Trinajstić information content (AvgIpc) is 2.92. The van der Waals surface area contributed by atoms with E-state index in [9.17, 15) is 9.59 Å². The number of methoxy groups -OCH3 is 1. The lowest BCUT2D eigenvalue weighted by Gasteiger charge is -2.12. The van der Waals surface area contributed by atoms with Gasteiger partial charge < -0.3 is 10.1 Å². The van der Waals surface area contributed by atoms with Gasteiger partial charge in [-0.1, -0.05) is 12.1 Å². The summed E-state index contributed by atoms with van der Waals surface area (Å²) in [7, 11) is 1.32. The highest BCUT2D eigenvalue weighted by Crippen LogP contribution is 2.23. The predicted molar refractivity (Wildman–Crippen MR) is 91.5 cm³/mol. The van der Waals surface area contributed by atoms with E-state index in [2.05, 4.69) is 21.2 Å². The molecule has 4 nitrogen and oxygen atoms in total. The van der Waals surface area contributed by atoms with Crippen LogP contribution in [-0.2, 0) is 16.0 Å². The van der Waals surface area contributed by atoms with Crippen molar-refractivity contribution in [3.05, 3.63) is 50.1 Å². The number of anilines is 1. The normalized spacial score (nSPS) is 10.3. The smallest absolute Gasteiger partial charge is 0.339 e. The minimum atomic E-state index is -0.457. The molecule has 2 rings (SSSR count). The van der Waals surface area contributed by atoms with E-state index >= 15 is 0 Å². The van der Waals surface area contributed by atoms with Gasteiger partial charge in [-0.25, -0.2) is 4.79 Å². The summed E-state index contributed by atoms with van der Waals surface area (Å²) >= 11 is 5.01. The molecule has 1 amide bonds. The van der Waals surface area contributed by atoms with E-state index in [-0.39, 0.29) is 5.91 Å². The molecule has 0 bridgehead atoms. The van der Waals surface area contributed by atoms with Crippen molar-refractivity contribution in [2.24, 2.45) is 0 Å². The van der Waals surface area contributed by atoms with Crippen molar-refractivity contribution in [2.45, 2.75) is 19.8 Å². The van der Waals surface area contributed by atoms with Crippen LogP contribution in [0.1, 0.15) is 27.2 Å². The van der Waals surface area contributed by atoms with Gasteiger partial charge in [0.25, 0.3) is 0 Å². The molecule has 0 unspecified atom stereocenters. The van der Waals surface area contributed by atoms with Crippen molar-refractivity contribution in [1.29, 1.82) is 0 Å². The third-order valence-electron chi connectivity index (χ3n) is 3.16. The molecule has 2 aromatic rings. The number of aryl methyl sites for hydroxylation is 2. The highest BCUT2D eigenvalue weighted by atomic mass is 79.9. The first-order valence-corrected chi connectivity index (χ1v) is 8.39. The minimum Gasteiger partial charge on any atom is -0.465 e. The van der Waals surface area contributed by atoms with E-state index in [1.54, 1.807) is 23.5 Å². The molecule has 1 aromatic carbocycles. The maximum atomic E-state index is 12.1. The summed E-state index contributed by atoms with van der Waals surface area (Å²) < 4.78 is 5.78. The molecular weight excluding hydrogens is 366 g/mol. The largest absolute Gasteiger partial charge is 0.465 e. The summed E-state index contributed by atoms with van der Waals surface area (Å²) in [5.41, 5.74) is 1.72. The van der Waals surface area contributed by atoms with E-state index in [1.165, 1.54) is 7.11 Å². The van der Waals surface area contributed by atoms with Crippen LogP contribution in [0, 0.1) is 6.92 Å². The molecule has 1 aromatic heterocycles. The van der Waals surface area contributed by atoms with Crippen LogP contribution in [0.15, 0.2) is 34.1 Å². The molecule has 116 valence electrons. The fraction of sp³-hybridized carbons (Fsp3) is 0.250. The number of rotatable bonds is 5. The van der Waals surface area contributed by atoms with Crippen LogP contribution in [0.4, 0.5) is 5.69 Å². The van der Waals surface area contributed by atoms with Gasteiger partial charge in [0.1, 0.15) is 0 Å². The van der Waals surface area contributed by atoms with Crippen LogP contribution in [-0.4, -0.2) is 19.0 Å². The highest BCUT2D eigenvalue weighted by molar-refractivity contribution is 9.10. The molecule has 0 fully saturated rings. The zero-order valence-corrected chi connectivity index (χ0v) is 14.7. The second kappa shape index (κ2) is 7.56. The van der Waals surface area contributed by atoms with Crippen LogP contribution < -0.4 is 5.32 Å². The van der Waals surface area contributed by atoms with E-state index in [0.29, 0.717) is 24.1 Å². The van der Waals surface area contributed by atoms with Gasteiger partial charge in [0.05, 0.1) is 18.4 Å². The van der Waals surface area contributed by atoms with E-state index in [4.69, 9.17) is 4.74 Å². The molecule has 0 spiro atoms. The maximum Gasteiger partial charge on any atom is 0.339 e. The van der Waals surface area contributed by atoms with E-state index in [0.717, 1.165) is 14.9 Å². The van der Waals surface area contributed by atoms with E-state index in [1.807, 2.05) is 24.4 Å². The Kier molecular flexibility index (Phi) is 5.74. The number of esters is 1. The van der Waals surface area contributed by atoms with Gasteiger partial charge in [0, 0.05) is 21.2 Å².